The third-order valence-electron chi connectivity index (χ3n) is 7.45. The van der Waals surface area contributed by atoms with Gasteiger partial charge in [0.15, 0.2) is 0 Å². The Balaban J connectivity index is 1.63. The quantitative estimate of drug-likeness (QED) is 0.268. The van der Waals surface area contributed by atoms with E-state index in [1.165, 1.54) is 11.8 Å². The summed E-state index contributed by atoms with van der Waals surface area (Å²) >= 11 is 7.75. The molecule has 2 amide bonds. The number of carbonyl (C=O) groups excluding carboxylic acids is 2. The van der Waals surface area contributed by atoms with Crippen molar-refractivity contribution in [2.45, 2.75) is 31.1 Å². The number of nitrogens with one attached hydrogen (secondary N) is 1. The molecule has 1 aliphatic carbocycles. The first-order chi connectivity index (χ1) is 20.4. The van der Waals surface area contributed by atoms with Crippen LogP contribution in [0.15, 0.2) is 66.7 Å². The minimum absolute atomic E-state index is 0.109. The Morgan fingerprint density at radius 1 is 1.05 bits per heavy atom. The van der Waals surface area contributed by atoms with Gasteiger partial charge < -0.3 is 14.8 Å². The van der Waals surface area contributed by atoms with Crippen LogP contribution in [-0.2, 0) is 9.59 Å². The van der Waals surface area contributed by atoms with Crippen molar-refractivity contribution in [2.24, 2.45) is 0 Å². The number of nitrogens with zero attached hydrogens (tertiary/aromatic N) is 3. The van der Waals surface area contributed by atoms with Crippen molar-refractivity contribution in [3.63, 3.8) is 0 Å². The Kier molecular flexibility index (Phi) is 7.88. The van der Waals surface area contributed by atoms with Gasteiger partial charge in [-0.2, -0.15) is 5.10 Å². The van der Waals surface area contributed by atoms with Crippen LogP contribution in [0.3, 0.4) is 0 Å². The van der Waals surface area contributed by atoms with Crippen molar-refractivity contribution in [1.29, 1.82) is 0 Å². The molecule has 216 valence electrons. The zero-order valence-electron chi connectivity index (χ0n) is 23.6. The van der Waals surface area contributed by atoms with E-state index in [-0.39, 0.29) is 35.4 Å². The molecule has 0 radical (unpaired) electrons. The van der Waals surface area contributed by atoms with Crippen LogP contribution in [0, 0.1) is 6.92 Å². The number of benzene rings is 3. The second-order valence-corrected chi connectivity index (χ2v) is 12.0. The molecule has 2 heterocycles. The second-order valence-electron chi connectivity index (χ2n) is 10.5. The predicted molar refractivity (Wildman–Crippen MR) is 166 cm³/mol. The predicted octanol–water partition coefficient (Wildman–Crippen LogP) is 5.97. The first-order valence-electron chi connectivity index (χ1n) is 13.8. The average Bonchev–Trinajstić information content (AvgIpc) is 3.75. The number of aryl methyl sites for hydroxylation is 1. The van der Waals surface area contributed by atoms with Crippen molar-refractivity contribution in [3.8, 4) is 28.4 Å². The van der Waals surface area contributed by atoms with Gasteiger partial charge in [0.05, 0.1) is 36.6 Å². The lowest BCUT2D eigenvalue weighted by molar-refractivity contribution is -0.123. The van der Waals surface area contributed by atoms with Crippen molar-refractivity contribution in [1.82, 2.24) is 15.1 Å². The van der Waals surface area contributed by atoms with Gasteiger partial charge >= 0.3 is 0 Å². The summed E-state index contributed by atoms with van der Waals surface area (Å²) in [7, 11) is 3.25. The maximum Gasteiger partial charge on any atom is 0.240 e. The van der Waals surface area contributed by atoms with Crippen LogP contribution < -0.4 is 19.7 Å². The summed E-state index contributed by atoms with van der Waals surface area (Å²) in [5.41, 5.74) is 5.05. The van der Waals surface area contributed by atoms with Crippen LogP contribution in [0.4, 0.5) is 5.82 Å². The Morgan fingerprint density at radius 3 is 2.45 bits per heavy atom. The number of methoxy groups -OCH3 is 2. The molecule has 1 aliphatic heterocycles. The molecule has 0 bridgehead atoms. The third kappa shape index (κ3) is 5.58. The van der Waals surface area contributed by atoms with E-state index >= 15 is 0 Å². The molecule has 1 atom stereocenters. The number of ether oxygens (including phenoxy) is 2. The van der Waals surface area contributed by atoms with Crippen LogP contribution in [0.25, 0.3) is 16.9 Å². The number of aromatic nitrogens is 2. The average molecular weight is 603 g/mol. The zero-order chi connectivity index (χ0) is 29.4. The molecule has 2 aliphatic rings. The molecule has 1 saturated carbocycles. The molecule has 1 N–H and O–H groups in total. The third-order valence-corrected chi connectivity index (χ3v) is 8.94. The van der Waals surface area contributed by atoms with Gasteiger partial charge in [-0.15, -0.1) is 11.8 Å². The normalized spacial score (nSPS) is 16.5. The molecule has 8 nitrogen and oxygen atoms in total. The Bertz CT molecular complexity index is 1630. The molecule has 10 heteroatoms. The molecule has 42 heavy (non-hydrogen) atoms. The molecule has 0 saturated heterocycles. The summed E-state index contributed by atoms with van der Waals surface area (Å²) in [6.07, 6.45) is 1.92. The van der Waals surface area contributed by atoms with Crippen LogP contribution >= 0.6 is 23.4 Å². The SMILES string of the molecule is COc1ccc(OC)c(C2SCC(=O)N(CC(=O)NC3CC3)c3c2c(-c2ccc(Cl)cc2)nn3-c2ccc(C)cc2)c1. The summed E-state index contributed by atoms with van der Waals surface area (Å²) in [5.74, 6) is 1.68. The molecule has 1 unspecified atom stereocenters. The van der Waals surface area contributed by atoms with Crippen molar-refractivity contribution >= 4 is 41.0 Å². The lowest BCUT2D eigenvalue weighted by Gasteiger charge is -2.23. The summed E-state index contributed by atoms with van der Waals surface area (Å²) in [4.78, 5) is 28.7. The number of fused-ring (bicyclic) bond motifs is 1. The summed E-state index contributed by atoms with van der Waals surface area (Å²) in [5, 5.41) is 8.42. The Morgan fingerprint density at radius 2 is 1.79 bits per heavy atom. The number of rotatable bonds is 8. The maximum absolute atomic E-state index is 13.9. The highest BCUT2D eigenvalue weighted by molar-refractivity contribution is 8.00. The first-order valence-corrected chi connectivity index (χ1v) is 15.2. The number of anilines is 1. The number of hydrogen-bond acceptors (Lipinski definition) is 6. The molecule has 3 aromatic carbocycles. The number of thioether (sulfide) groups is 1. The highest BCUT2D eigenvalue weighted by atomic mass is 35.5. The molecule has 0 spiro atoms. The molecule has 6 rings (SSSR count). The van der Waals surface area contributed by atoms with Crippen molar-refractivity contribution in [2.75, 3.05) is 31.4 Å². The number of carbonyl (C=O) groups is 2. The minimum atomic E-state index is -0.365. The highest BCUT2D eigenvalue weighted by Gasteiger charge is 2.39. The number of hydrogen-bond donors (Lipinski definition) is 1. The van der Waals surface area contributed by atoms with Crippen LogP contribution in [-0.4, -0.2) is 54.2 Å². The highest BCUT2D eigenvalue weighted by Crippen LogP contribution is 2.51. The Hall–Kier alpha value is -3.95. The minimum Gasteiger partial charge on any atom is -0.497 e. The van der Waals surface area contributed by atoms with E-state index in [2.05, 4.69) is 5.32 Å². The Labute approximate surface area is 253 Å². The molecular weight excluding hydrogens is 572 g/mol. The van der Waals surface area contributed by atoms with E-state index < -0.39 is 0 Å². The number of halogens is 1. The van der Waals surface area contributed by atoms with Crippen LogP contribution in [0.5, 0.6) is 11.5 Å². The smallest absolute Gasteiger partial charge is 0.240 e. The molecule has 4 aromatic rings. The van der Waals surface area contributed by atoms with Gasteiger partial charge in [0.2, 0.25) is 11.8 Å². The van der Waals surface area contributed by atoms with Crippen LogP contribution in [0.1, 0.15) is 34.8 Å². The van der Waals surface area contributed by atoms with E-state index in [1.54, 1.807) is 23.8 Å². The fourth-order valence-electron chi connectivity index (χ4n) is 5.14. The van der Waals surface area contributed by atoms with E-state index in [0.717, 1.165) is 40.8 Å². The summed E-state index contributed by atoms with van der Waals surface area (Å²) in [6.45, 7) is 1.91. The van der Waals surface area contributed by atoms with Gasteiger partial charge in [0, 0.05) is 27.8 Å². The standard InChI is InChI=1S/C32H31ClN4O4S/c1-19-4-12-23(13-5-19)37-32-29(30(35-37)20-6-8-21(33)9-7-20)31(25-16-24(40-2)14-15-26(25)41-3)42-18-28(39)36(32)17-27(38)34-22-10-11-22/h4-9,12-16,22,31H,10-11,17-18H2,1-3H3,(H,34,38). The maximum atomic E-state index is 13.9. The van der Waals surface area contributed by atoms with Crippen molar-refractivity contribution < 1.29 is 19.1 Å². The van der Waals surface area contributed by atoms with Gasteiger partial charge in [-0.05, 0) is 62.2 Å². The first kappa shape index (κ1) is 28.2. The second kappa shape index (κ2) is 11.7. The van der Waals surface area contributed by atoms with E-state index in [4.69, 9.17) is 26.2 Å². The van der Waals surface area contributed by atoms with E-state index in [0.29, 0.717) is 28.0 Å². The number of amides is 2. The monoisotopic (exact) mass is 602 g/mol. The molecule has 1 fully saturated rings. The van der Waals surface area contributed by atoms with Gasteiger partial charge in [-0.3, -0.25) is 14.5 Å². The van der Waals surface area contributed by atoms with Gasteiger partial charge in [0.1, 0.15) is 23.9 Å². The van der Waals surface area contributed by atoms with Gasteiger partial charge in [0.25, 0.3) is 0 Å². The van der Waals surface area contributed by atoms with E-state index in [9.17, 15) is 9.59 Å². The van der Waals surface area contributed by atoms with Gasteiger partial charge in [-0.25, -0.2) is 4.68 Å². The fraction of sp³-hybridized carbons (Fsp3) is 0.281. The fourth-order valence-corrected chi connectivity index (χ4v) is 6.48. The summed E-state index contributed by atoms with van der Waals surface area (Å²) < 4.78 is 13.2. The van der Waals surface area contributed by atoms with Crippen molar-refractivity contribution in [3.05, 3.63) is 88.4 Å². The van der Waals surface area contributed by atoms with E-state index in [1.807, 2.05) is 73.7 Å². The van der Waals surface area contributed by atoms with Crippen LogP contribution in [0.2, 0.25) is 5.02 Å². The topological polar surface area (TPSA) is 85.7 Å². The van der Waals surface area contributed by atoms with Gasteiger partial charge in [-0.1, -0.05) is 41.4 Å². The lowest BCUT2D eigenvalue weighted by atomic mass is 9.98. The molecule has 1 aromatic heterocycles. The largest absolute Gasteiger partial charge is 0.497 e. The zero-order valence-corrected chi connectivity index (χ0v) is 25.2. The summed E-state index contributed by atoms with van der Waals surface area (Å²) in [6, 6.07) is 21.3. The molecular formula is C32H31ClN4O4S. The lowest BCUT2D eigenvalue weighted by Crippen LogP contribution is -2.43.